The molecule has 1 N–H and O–H groups in total. The zero-order valence-corrected chi connectivity index (χ0v) is 9.00. The number of nitrogens with one attached hydrogen (secondary N) is 1. The Labute approximate surface area is 95.2 Å². The van der Waals surface area contributed by atoms with E-state index in [2.05, 4.69) is 5.32 Å². The van der Waals surface area contributed by atoms with E-state index in [0.29, 0.717) is 6.07 Å². The summed E-state index contributed by atoms with van der Waals surface area (Å²) in [6.07, 6.45) is 0.0364. The van der Waals surface area contributed by atoms with Gasteiger partial charge in [-0.2, -0.15) is 0 Å². The zero-order valence-electron chi connectivity index (χ0n) is 7.49. The van der Waals surface area contributed by atoms with Crippen LogP contribution in [0.25, 0.3) is 0 Å². The van der Waals surface area contributed by atoms with Crippen LogP contribution in [-0.4, -0.2) is 11.8 Å². The Morgan fingerprint density at radius 2 is 2.07 bits per heavy atom. The quantitative estimate of drug-likeness (QED) is 0.824. The van der Waals surface area contributed by atoms with Crippen LogP contribution in [-0.2, 0) is 4.79 Å². The first kappa shape index (κ1) is 12.2. The Balaban J connectivity index is 2.90. The van der Waals surface area contributed by atoms with Gasteiger partial charge in [-0.1, -0.05) is 11.6 Å². The number of carbonyl (C=O) groups is 1. The predicted octanol–water partition coefficient (Wildman–Crippen LogP) is 3.19. The van der Waals surface area contributed by atoms with E-state index in [1.54, 1.807) is 0 Å². The summed E-state index contributed by atoms with van der Waals surface area (Å²) in [6.45, 7) is 0. The van der Waals surface area contributed by atoms with Crippen molar-refractivity contribution < 1.29 is 13.6 Å². The minimum atomic E-state index is -0.914. The number of hydrogen-bond acceptors (Lipinski definition) is 1. The maximum Gasteiger partial charge on any atom is 0.225 e. The fraction of sp³-hybridized carbons (Fsp3) is 0.222. The highest BCUT2D eigenvalue weighted by atomic mass is 35.5. The predicted molar refractivity (Wildman–Crippen MR) is 55.3 cm³/mol. The maximum absolute atomic E-state index is 13.1. The van der Waals surface area contributed by atoms with Crippen molar-refractivity contribution in [2.75, 3.05) is 11.2 Å². The van der Waals surface area contributed by atoms with E-state index in [4.69, 9.17) is 23.2 Å². The summed E-state index contributed by atoms with van der Waals surface area (Å²) in [4.78, 5) is 11.1. The van der Waals surface area contributed by atoms with Gasteiger partial charge in [0.25, 0.3) is 0 Å². The lowest BCUT2D eigenvalue weighted by molar-refractivity contribution is -0.115. The molecule has 15 heavy (non-hydrogen) atoms. The van der Waals surface area contributed by atoms with Gasteiger partial charge < -0.3 is 5.32 Å². The summed E-state index contributed by atoms with van der Waals surface area (Å²) in [5.41, 5.74) is -0.229. The molecule has 1 aromatic carbocycles. The number of carbonyl (C=O) groups excluding carboxylic acids is 1. The van der Waals surface area contributed by atoms with Gasteiger partial charge in [0.1, 0.15) is 5.82 Å². The molecule has 6 heteroatoms. The van der Waals surface area contributed by atoms with E-state index >= 15 is 0 Å². The zero-order chi connectivity index (χ0) is 11.4. The van der Waals surface area contributed by atoms with Gasteiger partial charge in [0.2, 0.25) is 5.91 Å². The Bertz CT molecular complexity index is 361. The minimum absolute atomic E-state index is 0.0364. The van der Waals surface area contributed by atoms with E-state index in [-0.39, 0.29) is 23.0 Å². The van der Waals surface area contributed by atoms with Crippen molar-refractivity contribution in [1.82, 2.24) is 0 Å². The summed E-state index contributed by atoms with van der Waals surface area (Å²) in [6, 6.07) is 1.56. The van der Waals surface area contributed by atoms with Crippen LogP contribution in [0.4, 0.5) is 14.5 Å². The molecule has 82 valence electrons. The van der Waals surface area contributed by atoms with Crippen LogP contribution in [0.15, 0.2) is 12.1 Å². The molecule has 0 saturated carbocycles. The van der Waals surface area contributed by atoms with Crippen molar-refractivity contribution in [3.05, 3.63) is 28.8 Å². The van der Waals surface area contributed by atoms with Crippen molar-refractivity contribution in [2.45, 2.75) is 6.42 Å². The van der Waals surface area contributed by atoms with Crippen LogP contribution in [0.5, 0.6) is 0 Å². The van der Waals surface area contributed by atoms with Crippen LogP contribution in [0, 0.1) is 11.6 Å². The van der Waals surface area contributed by atoms with Crippen LogP contribution < -0.4 is 5.32 Å². The summed E-state index contributed by atoms with van der Waals surface area (Å²) in [5, 5.41) is 2.02. The van der Waals surface area contributed by atoms with E-state index < -0.39 is 17.5 Å². The van der Waals surface area contributed by atoms with Crippen LogP contribution in [0.1, 0.15) is 6.42 Å². The lowest BCUT2D eigenvalue weighted by Gasteiger charge is -2.07. The monoisotopic (exact) mass is 253 g/mol. The van der Waals surface area contributed by atoms with Gasteiger partial charge in [-0.15, -0.1) is 11.6 Å². The third kappa shape index (κ3) is 3.32. The Hall–Kier alpha value is -0.870. The van der Waals surface area contributed by atoms with Crippen molar-refractivity contribution in [2.24, 2.45) is 0 Å². The lowest BCUT2D eigenvalue weighted by atomic mass is 10.3. The van der Waals surface area contributed by atoms with Crippen molar-refractivity contribution in [3.8, 4) is 0 Å². The minimum Gasteiger partial charge on any atom is -0.322 e. The number of alkyl halides is 1. The van der Waals surface area contributed by atoms with Gasteiger partial charge in [0.05, 0.1) is 10.7 Å². The Morgan fingerprint density at radius 3 is 2.60 bits per heavy atom. The average Bonchev–Trinajstić information content (AvgIpc) is 2.11. The third-order valence-corrected chi connectivity index (χ3v) is 2.08. The largest absolute Gasteiger partial charge is 0.322 e. The first-order valence-electron chi connectivity index (χ1n) is 4.05. The SMILES string of the molecule is O=C(CCCl)Nc1c(F)cc(F)cc1Cl. The number of benzene rings is 1. The number of halogens is 4. The second kappa shape index (κ2) is 5.28. The lowest BCUT2D eigenvalue weighted by Crippen LogP contribution is -2.13. The number of hydrogen-bond donors (Lipinski definition) is 1. The second-order valence-electron chi connectivity index (χ2n) is 2.73. The summed E-state index contributed by atoms with van der Waals surface area (Å²) in [5.74, 6) is -2.07. The molecule has 0 aliphatic rings. The molecule has 0 aliphatic carbocycles. The summed E-state index contributed by atoms with van der Waals surface area (Å²) < 4.78 is 25.8. The van der Waals surface area contributed by atoms with Gasteiger partial charge in [0, 0.05) is 18.4 Å². The van der Waals surface area contributed by atoms with E-state index in [9.17, 15) is 13.6 Å². The van der Waals surface area contributed by atoms with Crippen molar-refractivity contribution in [3.63, 3.8) is 0 Å². The van der Waals surface area contributed by atoms with Gasteiger partial charge in [-0.05, 0) is 6.07 Å². The molecule has 0 saturated heterocycles. The average molecular weight is 254 g/mol. The molecule has 0 heterocycles. The molecule has 0 unspecified atom stereocenters. The Morgan fingerprint density at radius 1 is 1.40 bits per heavy atom. The van der Waals surface area contributed by atoms with Crippen LogP contribution in [0.2, 0.25) is 5.02 Å². The topological polar surface area (TPSA) is 29.1 Å². The summed E-state index contributed by atoms with van der Waals surface area (Å²) >= 11 is 10.9. The van der Waals surface area contributed by atoms with Gasteiger partial charge in [0.15, 0.2) is 5.82 Å². The molecular formula is C9H7Cl2F2NO. The highest BCUT2D eigenvalue weighted by Crippen LogP contribution is 2.26. The highest BCUT2D eigenvalue weighted by Gasteiger charge is 2.12. The number of amides is 1. The van der Waals surface area contributed by atoms with Crippen LogP contribution in [0.3, 0.4) is 0 Å². The molecule has 1 aromatic rings. The number of rotatable bonds is 3. The molecule has 2 nitrogen and oxygen atoms in total. The molecular weight excluding hydrogens is 247 g/mol. The molecule has 1 rings (SSSR count). The Kier molecular flexibility index (Phi) is 4.29. The molecule has 0 fully saturated rings. The standard InChI is InChI=1S/C9H7Cl2F2NO/c10-2-1-8(15)14-9-6(11)3-5(12)4-7(9)13/h3-4H,1-2H2,(H,14,15). The highest BCUT2D eigenvalue weighted by molar-refractivity contribution is 6.33. The molecule has 0 atom stereocenters. The smallest absolute Gasteiger partial charge is 0.225 e. The van der Waals surface area contributed by atoms with E-state index in [1.807, 2.05) is 0 Å². The fourth-order valence-electron chi connectivity index (χ4n) is 0.949. The first-order chi connectivity index (χ1) is 7.04. The van der Waals surface area contributed by atoms with Gasteiger partial charge in [-0.25, -0.2) is 8.78 Å². The fourth-order valence-corrected chi connectivity index (χ4v) is 1.36. The van der Waals surface area contributed by atoms with E-state index in [0.717, 1.165) is 6.07 Å². The maximum atomic E-state index is 13.1. The molecule has 0 radical (unpaired) electrons. The van der Waals surface area contributed by atoms with Gasteiger partial charge >= 0.3 is 0 Å². The normalized spacial score (nSPS) is 10.1. The molecule has 0 aromatic heterocycles. The first-order valence-corrected chi connectivity index (χ1v) is 4.96. The van der Waals surface area contributed by atoms with Crippen molar-refractivity contribution in [1.29, 1.82) is 0 Å². The third-order valence-electron chi connectivity index (χ3n) is 1.59. The second-order valence-corrected chi connectivity index (χ2v) is 3.52. The van der Waals surface area contributed by atoms with Crippen LogP contribution >= 0.6 is 23.2 Å². The molecule has 0 aliphatic heterocycles. The number of anilines is 1. The van der Waals surface area contributed by atoms with E-state index in [1.165, 1.54) is 0 Å². The molecule has 0 bridgehead atoms. The van der Waals surface area contributed by atoms with Crippen molar-refractivity contribution >= 4 is 34.8 Å². The summed E-state index contributed by atoms with van der Waals surface area (Å²) in [7, 11) is 0. The molecule has 1 amide bonds. The van der Waals surface area contributed by atoms with Gasteiger partial charge in [-0.3, -0.25) is 4.79 Å². The molecule has 0 spiro atoms.